The average molecular weight is 140 g/mol. The molecule has 0 aromatic carbocycles. The molecule has 10 heavy (non-hydrogen) atoms. The van der Waals surface area contributed by atoms with E-state index in [1.54, 1.807) is 0 Å². The van der Waals surface area contributed by atoms with Crippen LogP contribution in [0.25, 0.3) is 0 Å². The maximum atomic E-state index is 5.64. The van der Waals surface area contributed by atoms with Crippen LogP contribution in [0.1, 0.15) is 27.2 Å². The third-order valence-corrected chi connectivity index (χ3v) is 3.21. The van der Waals surface area contributed by atoms with Crippen molar-refractivity contribution in [2.75, 3.05) is 0 Å². The Labute approximate surface area is 62.8 Å². The molecule has 4 atom stereocenters. The van der Waals surface area contributed by atoms with Gasteiger partial charge in [0.05, 0.1) is 12.2 Å². The quantitative estimate of drug-likeness (QED) is 0.541. The van der Waals surface area contributed by atoms with Crippen LogP contribution in [0.3, 0.4) is 0 Å². The van der Waals surface area contributed by atoms with E-state index in [-0.39, 0.29) is 0 Å². The lowest BCUT2D eigenvalue weighted by Crippen LogP contribution is -2.29. The Kier molecular flexibility index (Phi) is 1.31. The molecule has 1 saturated carbocycles. The molecule has 0 spiro atoms. The minimum Gasteiger partial charge on any atom is -0.374 e. The van der Waals surface area contributed by atoms with E-state index in [2.05, 4.69) is 20.8 Å². The van der Waals surface area contributed by atoms with Gasteiger partial charge in [0.1, 0.15) is 0 Å². The van der Waals surface area contributed by atoms with Gasteiger partial charge in [-0.3, -0.25) is 0 Å². The normalized spacial score (nSPS) is 51.6. The Bertz CT molecular complexity index is 136. The molecule has 58 valence electrons. The molecule has 2 saturated heterocycles. The topological polar surface area (TPSA) is 9.23 Å². The van der Waals surface area contributed by atoms with Gasteiger partial charge in [0.2, 0.25) is 0 Å². The van der Waals surface area contributed by atoms with Gasteiger partial charge in [-0.25, -0.2) is 0 Å². The molecule has 0 amide bonds. The van der Waals surface area contributed by atoms with Crippen molar-refractivity contribution in [3.05, 3.63) is 0 Å². The molecule has 0 aromatic heterocycles. The molecule has 0 radical (unpaired) electrons. The van der Waals surface area contributed by atoms with E-state index in [1.807, 2.05) is 0 Å². The molecule has 4 unspecified atom stereocenters. The molecule has 1 aliphatic carbocycles. The minimum absolute atomic E-state index is 0.623. The van der Waals surface area contributed by atoms with E-state index in [0.717, 1.165) is 17.8 Å². The summed E-state index contributed by atoms with van der Waals surface area (Å²) in [5.41, 5.74) is 0. The van der Waals surface area contributed by atoms with Gasteiger partial charge in [0.15, 0.2) is 0 Å². The molecule has 3 aliphatic rings. The number of hydrogen-bond acceptors (Lipinski definition) is 1. The van der Waals surface area contributed by atoms with Gasteiger partial charge in [-0.2, -0.15) is 0 Å². The Hall–Kier alpha value is -0.0400. The van der Waals surface area contributed by atoms with Gasteiger partial charge in [-0.15, -0.1) is 0 Å². The molecule has 1 nitrogen and oxygen atoms in total. The maximum absolute atomic E-state index is 5.64. The highest BCUT2D eigenvalue weighted by Gasteiger charge is 2.52. The molecule has 3 fully saturated rings. The molecule has 0 N–H and O–H groups in total. The molecular formula is C9H16O. The number of fused-ring (bicyclic) bond motifs is 1. The highest BCUT2D eigenvalue weighted by molar-refractivity contribution is 4.99. The zero-order valence-electron chi connectivity index (χ0n) is 7.00. The average Bonchev–Trinajstić information content (AvgIpc) is 2.14. The summed E-state index contributed by atoms with van der Waals surface area (Å²) in [6.45, 7) is 6.96. The fourth-order valence-corrected chi connectivity index (χ4v) is 2.65. The van der Waals surface area contributed by atoms with Gasteiger partial charge in [0, 0.05) is 6.42 Å². The van der Waals surface area contributed by atoms with E-state index in [0.29, 0.717) is 12.2 Å². The number of hydrogen-bond donors (Lipinski definition) is 0. The lowest BCUT2D eigenvalue weighted by molar-refractivity contribution is -0.0828. The first-order valence-electron chi connectivity index (χ1n) is 4.35. The summed E-state index contributed by atoms with van der Waals surface area (Å²) in [4.78, 5) is 0. The largest absolute Gasteiger partial charge is 0.374 e. The summed E-state index contributed by atoms with van der Waals surface area (Å²) in [7, 11) is 0. The molecule has 3 rings (SSSR count). The summed E-state index contributed by atoms with van der Waals surface area (Å²) < 4.78 is 5.64. The molecule has 2 bridgehead atoms. The van der Waals surface area contributed by atoms with E-state index in [1.165, 1.54) is 6.42 Å². The molecular weight excluding hydrogens is 124 g/mol. The SMILES string of the molecule is CC(C)C1C2CC(O2)C1C. The number of rotatable bonds is 1. The van der Waals surface area contributed by atoms with Crippen LogP contribution in [0.2, 0.25) is 0 Å². The first kappa shape index (κ1) is 6.66. The van der Waals surface area contributed by atoms with Crippen molar-refractivity contribution in [3.8, 4) is 0 Å². The van der Waals surface area contributed by atoms with E-state index < -0.39 is 0 Å². The van der Waals surface area contributed by atoms with Gasteiger partial charge in [-0.05, 0) is 17.8 Å². The zero-order valence-corrected chi connectivity index (χ0v) is 7.00. The summed E-state index contributed by atoms with van der Waals surface area (Å²) in [6.07, 6.45) is 2.58. The fourth-order valence-electron chi connectivity index (χ4n) is 2.65. The molecule has 1 heteroatoms. The molecule has 0 aromatic rings. The van der Waals surface area contributed by atoms with Crippen molar-refractivity contribution in [3.63, 3.8) is 0 Å². The highest BCUT2D eigenvalue weighted by atomic mass is 16.5. The van der Waals surface area contributed by atoms with Crippen molar-refractivity contribution >= 4 is 0 Å². The van der Waals surface area contributed by atoms with Crippen molar-refractivity contribution < 1.29 is 4.74 Å². The van der Waals surface area contributed by atoms with Gasteiger partial charge in [0.25, 0.3) is 0 Å². The first-order valence-corrected chi connectivity index (χ1v) is 4.35. The van der Waals surface area contributed by atoms with E-state index in [4.69, 9.17) is 4.74 Å². The summed E-state index contributed by atoms with van der Waals surface area (Å²) in [5.74, 6) is 2.49. The predicted molar refractivity (Wildman–Crippen MR) is 40.8 cm³/mol. The van der Waals surface area contributed by atoms with Crippen molar-refractivity contribution in [2.45, 2.75) is 39.4 Å². The third-order valence-electron chi connectivity index (χ3n) is 3.21. The monoisotopic (exact) mass is 140 g/mol. The van der Waals surface area contributed by atoms with Crippen LogP contribution in [-0.4, -0.2) is 12.2 Å². The van der Waals surface area contributed by atoms with E-state index >= 15 is 0 Å². The lowest BCUT2D eigenvalue weighted by atomic mass is 9.87. The van der Waals surface area contributed by atoms with Crippen LogP contribution in [0, 0.1) is 17.8 Å². The lowest BCUT2D eigenvalue weighted by Gasteiger charge is -2.27. The molecule has 2 aliphatic heterocycles. The Balaban J connectivity index is 2.09. The Morgan fingerprint density at radius 1 is 1.30 bits per heavy atom. The minimum atomic E-state index is 0.623. The van der Waals surface area contributed by atoms with Gasteiger partial charge >= 0.3 is 0 Å². The summed E-state index contributed by atoms with van der Waals surface area (Å²) in [5, 5.41) is 0. The van der Waals surface area contributed by atoms with Crippen LogP contribution < -0.4 is 0 Å². The number of ether oxygens (including phenoxy) is 1. The zero-order chi connectivity index (χ0) is 7.30. The highest BCUT2D eigenvalue weighted by Crippen LogP contribution is 2.49. The molecule has 2 heterocycles. The predicted octanol–water partition coefficient (Wildman–Crippen LogP) is 2.07. The van der Waals surface area contributed by atoms with Gasteiger partial charge < -0.3 is 4.74 Å². The summed E-state index contributed by atoms with van der Waals surface area (Å²) >= 11 is 0. The second-order valence-electron chi connectivity index (χ2n) is 4.13. The van der Waals surface area contributed by atoms with Crippen molar-refractivity contribution in [1.82, 2.24) is 0 Å². The summed E-state index contributed by atoms with van der Waals surface area (Å²) in [6, 6.07) is 0. The Morgan fingerprint density at radius 3 is 2.10 bits per heavy atom. The van der Waals surface area contributed by atoms with Crippen LogP contribution in [0.4, 0.5) is 0 Å². The van der Waals surface area contributed by atoms with Crippen LogP contribution >= 0.6 is 0 Å². The second kappa shape index (κ2) is 1.97. The Morgan fingerprint density at radius 2 is 1.90 bits per heavy atom. The first-order chi connectivity index (χ1) is 4.70. The van der Waals surface area contributed by atoms with Crippen molar-refractivity contribution in [2.24, 2.45) is 17.8 Å². The van der Waals surface area contributed by atoms with Crippen LogP contribution in [0.15, 0.2) is 0 Å². The third kappa shape index (κ3) is 0.672. The van der Waals surface area contributed by atoms with E-state index in [9.17, 15) is 0 Å². The van der Waals surface area contributed by atoms with Crippen LogP contribution in [0.5, 0.6) is 0 Å². The van der Waals surface area contributed by atoms with Gasteiger partial charge in [-0.1, -0.05) is 20.8 Å². The fraction of sp³-hybridized carbons (Fsp3) is 1.00. The maximum Gasteiger partial charge on any atom is 0.0637 e. The second-order valence-corrected chi connectivity index (χ2v) is 4.13. The van der Waals surface area contributed by atoms with Crippen LogP contribution in [-0.2, 0) is 4.74 Å². The standard InChI is InChI=1S/C9H16O/c1-5(2)9-6(3)7-4-8(9)10-7/h5-9H,4H2,1-3H3. The smallest absolute Gasteiger partial charge is 0.0637 e. The van der Waals surface area contributed by atoms with Crippen molar-refractivity contribution in [1.29, 1.82) is 0 Å².